The van der Waals surface area contributed by atoms with E-state index in [1.807, 2.05) is 18.3 Å². The summed E-state index contributed by atoms with van der Waals surface area (Å²) in [7, 11) is 0. The predicted octanol–water partition coefficient (Wildman–Crippen LogP) is 0.599. The maximum Gasteiger partial charge on any atom is 0.248 e. The van der Waals surface area contributed by atoms with Crippen LogP contribution in [0.1, 0.15) is 10.4 Å². The fourth-order valence-corrected chi connectivity index (χ4v) is 2.70. The zero-order valence-electron chi connectivity index (χ0n) is 9.01. The first kappa shape index (κ1) is 10.4. The van der Waals surface area contributed by atoms with E-state index in [1.165, 1.54) is 0 Å². The van der Waals surface area contributed by atoms with Crippen molar-refractivity contribution in [3.05, 3.63) is 40.4 Å². The van der Waals surface area contributed by atoms with Gasteiger partial charge in [0.1, 0.15) is 0 Å². The molecule has 0 radical (unpaired) electrons. The number of nitrogens with two attached hydrogens (primary N) is 1. The number of pyridine rings is 1. The zero-order chi connectivity index (χ0) is 11.8. The Morgan fingerprint density at radius 2 is 2.29 bits per heavy atom. The maximum atomic E-state index is 11.2. The van der Waals surface area contributed by atoms with Crippen LogP contribution in [0, 0.1) is 0 Å². The first-order valence-electron chi connectivity index (χ1n) is 5.26. The number of hydrogen-bond donors (Lipinski definition) is 1. The molecule has 1 aliphatic rings. The molecule has 0 saturated heterocycles. The number of fused-ring (bicyclic) bond motifs is 3. The molecule has 1 aromatic heterocycles. The van der Waals surface area contributed by atoms with Gasteiger partial charge in [-0.1, -0.05) is 6.08 Å². The Morgan fingerprint density at radius 1 is 1.41 bits per heavy atom. The average molecular weight is 242 g/mol. The van der Waals surface area contributed by atoms with Gasteiger partial charge in [-0.2, -0.15) is 0 Å². The van der Waals surface area contributed by atoms with Crippen molar-refractivity contribution < 1.29 is 4.79 Å². The number of nitrogens with zero attached hydrogens (tertiary/aromatic N) is 1. The Balaban J connectivity index is 2.45. The van der Waals surface area contributed by atoms with E-state index in [0.29, 0.717) is 5.56 Å². The number of benzene rings is 1. The highest BCUT2D eigenvalue weighted by molar-refractivity contribution is 8.06. The number of primary amides is 1. The maximum absolute atomic E-state index is 11.2. The molecule has 1 amide bonds. The zero-order valence-corrected chi connectivity index (χ0v) is 9.83. The molecule has 0 bridgehead atoms. The minimum Gasteiger partial charge on any atom is -0.366 e. The SMILES string of the molecule is NC(=O)c1ccc2ncc3c(c2c1)=CCSC=3. The lowest BCUT2D eigenvalue weighted by Crippen LogP contribution is -2.28. The van der Waals surface area contributed by atoms with Crippen molar-refractivity contribution in [2.75, 3.05) is 5.75 Å². The van der Waals surface area contributed by atoms with E-state index in [2.05, 4.69) is 16.5 Å². The van der Waals surface area contributed by atoms with Crippen LogP contribution in [0.4, 0.5) is 0 Å². The highest BCUT2D eigenvalue weighted by atomic mass is 32.2. The molecule has 17 heavy (non-hydrogen) atoms. The third-order valence-corrected chi connectivity index (χ3v) is 3.60. The highest BCUT2D eigenvalue weighted by Crippen LogP contribution is 2.11. The number of amides is 1. The molecule has 3 rings (SSSR count). The average Bonchev–Trinajstić information content (AvgIpc) is 2.38. The van der Waals surface area contributed by atoms with Gasteiger partial charge in [0.25, 0.3) is 0 Å². The Hall–Kier alpha value is -1.81. The number of thioether (sulfide) groups is 1. The Kier molecular flexibility index (Phi) is 2.37. The number of carbonyl (C=O) groups is 1. The summed E-state index contributed by atoms with van der Waals surface area (Å²) in [4.78, 5) is 15.6. The van der Waals surface area contributed by atoms with Gasteiger partial charge >= 0.3 is 0 Å². The molecule has 3 nitrogen and oxygen atoms in total. The summed E-state index contributed by atoms with van der Waals surface area (Å²) in [5.41, 5.74) is 6.72. The molecule has 2 aromatic rings. The summed E-state index contributed by atoms with van der Waals surface area (Å²) in [6.45, 7) is 0. The molecule has 2 N–H and O–H groups in total. The van der Waals surface area contributed by atoms with Crippen molar-refractivity contribution >= 4 is 40.1 Å². The van der Waals surface area contributed by atoms with Gasteiger partial charge in [-0.25, -0.2) is 0 Å². The van der Waals surface area contributed by atoms with E-state index in [0.717, 1.165) is 27.1 Å². The molecule has 0 atom stereocenters. The topological polar surface area (TPSA) is 56.0 Å². The molecule has 1 aromatic carbocycles. The van der Waals surface area contributed by atoms with Crippen molar-refractivity contribution in [3.8, 4) is 0 Å². The van der Waals surface area contributed by atoms with Gasteiger partial charge in [-0.15, -0.1) is 11.8 Å². The second-order valence-electron chi connectivity index (χ2n) is 3.88. The highest BCUT2D eigenvalue weighted by Gasteiger charge is 2.05. The van der Waals surface area contributed by atoms with Gasteiger partial charge in [0.15, 0.2) is 0 Å². The predicted molar refractivity (Wildman–Crippen MR) is 70.9 cm³/mol. The Labute approximate surface area is 102 Å². The van der Waals surface area contributed by atoms with Crippen LogP contribution >= 0.6 is 11.8 Å². The molecular formula is C13H10N2OS. The van der Waals surface area contributed by atoms with E-state index < -0.39 is 5.91 Å². The molecule has 1 aliphatic heterocycles. The van der Waals surface area contributed by atoms with Crippen molar-refractivity contribution in [3.63, 3.8) is 0 Å². The molecular weight excluding hydrogens is 232 g/mol. The van der Waals surface area contributed by atoms with E-state index in [1.54, 1.807) is 17.8 Å². The molecule has 0 fully saturated rings. The fourth-order valence-electron chi connectivity index (χ4n) is 1.97. The molecule has 84 valence electrons. The van der Waals surface area contributed by atoms with Crippen molar-refractivity contribution in [2.24, 2.45) is 5.73 Å². The van der Waals surface area contributed by atoms with Crippen LogP contribution in [0.25, 0.3) is 22.4 Å². The minimum atomic E-state index is -0.404. The minimum absolute atomic E-state index is 0.404. The van der Waals surface area contributed by atoms with Crippen LogP contribution in [0.5, 0.6) is 0 Å². The van der Waals surface area contributed by atoms with Gasteiger partial charge < -0.3 is 5.73 Å². The van der Waals surface area contributed by atoms with Crippen molar-refractivity contribution in [1.29, 1.82) is 0 Å². The van der Waals surface area contributed by atoms with E-state index in [-0.39, 0.29) is 0 Å². The largest absolute Gasteiger partial charge is 0.366 e. The summed E-state index contributed by atoms with van der Waals surface area (Å²) < 4.78 is 0. The third-order valence-electron chi connectivity index (χ3n) is 2.82. The fraction of sp³-hybridized carbons (Fsp3) is 0.0769. The smallest absolute Gasteiger partial charge is 0.248 e. The summed E-state index contributed by atoms with van der Waals surface area (Å²) in [6, 6.07) is 5.38. The number of hydrogen-bond acceptors (Lipinski definition) is 3. The van der Waals surface area contributed by atoms with Crippen LogP contribution in [0.15, 0.2) is 24.4 Å². The lowest BCUT2D eigenvalue weighted by atomic mass is 10.1. The van der Waals surface area contributed by atoms with Gasteiger partial charge in [-0.3, -0.25) is 9.78 Å². The summed E-state index contributed by atoms with van der Waals surface area (Å²) in [5, 5.41) is 5.35. The Morgan fingerprint density at radius 3 is 3.12 bits per heavy atom. The van der Waals surface area contributed by atoms with Crippen LogP contribution in [0.3, 0.4) is 0 Å². The van der Waals surface area contributed by atoms with Crippen LogP contribution in [-0.4, -0.2) is 16.6 Å². The van der Waals surface area contributed by atoms with Crippen molar-refractivity contribution in [2.45, 2.75) is 0 Å². The Bertz CT molecular complexity index is 737. The monoisotopic (exact) mass is 242 g/mol. The van der Waals surface area contributed by atoms with Crippen molar-refractivity contribution in [1.82, 2.24) is 4.98 Å². The lowest BCUT2D eigenvalue weighted by Gasteiger charge is -2.04. The van der Waals surface area contributed by atoms with Crippen LogP contribution in [-0.2, 0) is 0 Å². The number of aromatic nitrogens is 1. The quantitative estimate of drug-likeness (QED) is 0.796. The third kappa shape index (κ3) is 1.70. The number of rotatable bonds is 1. The molecule has 0 saturated carbocycles. The molecule has 0 aliphatic carbocycles. The first-order chi connectivity index (χ1) is 8.25. The molecule has 4 heteroatoms. The summed E-state index contributed by atoms with van der Waals surface area (Å²) in [5.74, 6) is 0.547. The molecule has 2 heterocycles. The molecule has 0 unspecified atom stereocenters. The van der Waals surface area contributed by atoms with Gasteiger partial charge in [-0.05, 0) is 28.8 Å². The second kappa shape index (κ2) is 3.89. The van der Waals surface area contributed by atoms with E-state index in [9.17, 15) is 4.79 Å². The standard InChI is InChI=1S/C13H10N2OS/c14-13(16)8-1-2-12-11(5-8)10-3-4-17-7-9(10)6-15-12/h1-3,5-7H,4H2,(H2,14,16). The first-order valence-corrected chi connectivity index (χ1v) is 6.31. The molecule has 0 spiro atoms. The lowest BCUT2D eigenvalue weighted by molar-refractivity contribution is 0.100. The summed E-state index contributed by atoms with van der Waals surface area (Å²) in [6.07, 6.45) is 4.03. The van der Waals surface area contributed by atoms with E-state index >= 15 is 0 Å². The second-order valence-corrected chi connectivity index (χ2v) is 4.78. The van der Waals surface area contributed by atoms with E-state index in [4.69, 9.17) is 5.73 Å². The van der Waals surface area contributed by atoms with Crippen LogP contribution < -0.4 is 16.2 Å². The normalized spacial score (nSPS) is 13.6. The van der Waals surface area contributed by atoms with Gasteiger partial charge in [0, 0.05) is 28.1 Å². The van der Waals surface area contributed by atoms with Gasteiger partial charge in [0.05, 0.1) is 5.52 Å². The van der Waals surface area contributed by atoms with Crippen LogP contribution in [0.2, 0.25) is 0 Å². The summed E-state index contributed by atoms with van der Waals surface area (Å²) >= 11 is 1.74. The van der Waals surface area contributed by atoms with Gasteiger partial charge in [0.2, 0.25) is 5.91 Å². The number of carbonyl (C=O) groups excluding carboxylic acids is 1.